The lowest BCUT2D eigenvalue weighted by Gasteiger charge is -2.26. The fourth-order valence-electron chi connectivity index (χ4n) is 2.42. The van der Waals surface area contributed by atoms with E-state index in [1.165, 1.54) is 31.4 Å². The minimum absolute atomic E-state index is 0.195. The first-order valence-corrected chi connectivity index (χ1v) is 9.47. The average molecular weight is 441 g/mol. The molecular formula is C17H16F5NO5S. The van der Waals surface area contributed by atoms with Crippen LogP contribution in [0.1, 0.15) is 6.42 Å². The number of anilines is 1. The van der Waals surface area contributed by atoms with Crippen molar-refractivity contribution in [3.63, 3.8) is 0 Å². The molecule has 1 atom stereocenters. The van der Waals surface area contributed by atoms with Crippen LogP contribution in [0, 0.1) is 29.1 Å². The Morgan fingerprint density at radius 1 is 0.966 bits per heavy atom. The molecule has 0 saturated carbocycles. The van der Waals surface area contributed by atoms with Gasteiger partial charge in [-0.25, -0.2) is 30.4 Å². The topological polar surface area (TPSA) is 87.1 Å². The predicted molar refractivity (Wildman–Crippen MR) is 91.5 cm³/mol. The molecule has 2 aromatic carbocycles. The number of halogens is 5. The van der Waals surface area contributed by atoms with Crippen LogP contribution in [0.5, 0.6) is 5.75 Å². The van der Waals surface area contributed by atoms with Gasteiger partial charge in [-0.3, -0.25) is 4.31 Å². The molecule has 160 valence electrons. The highest BCUT2D eigenvalue weighted by Gasteiger charge is 2.37. The summed E-state index contributed by atoms with van der Waals surface area (Å²) in [5.41, 5.74) is -0.195. The van der Waals surface area contributed by atoms with Crippen molar-refractivity contribution in [1.29, 1.82) is 0 Å². The molecule has 0 fully saturated rings. The van der Waals surface area contributed by atoms with E-state index in [1.807, 2.05) is 0 Å². The highest BCUT2D eigenvalue weighted by Crippen LogP contribution is 2.32. The zero-order valence-electron chi connectivity index (χ0n) is 14.9. The molecule has 0 radical (unpaired) electrons. The molecule has 0 aliphatic heterocycles. The van der Waals surface area contributed by atoms with Gasteiger partial charge in [0.2, 0.25) is 5.82 Å². The Morgan fingerprint density at radius 2 is 1.45 bits per heavy atom. The Hall–Kier alpha value is -2.44. The van der Waals surface area contributed by atoms with Crippen LogP contribution in [-0.2, 0) is 10.0 Å². The minimum atomic E-state index is -5.30. The fraction of sp³-hybridized carbons (Fsp3) is 0.294. The number of methoxy groups -OCH3 is 1. The van der Waals surface area contributed by atoms with E-state index in [-0.39, 0.29) is 5.69 Å². The van der Waals surface area contributed by atoms with Crippen LogP contribution in [0.3, 0.4) is 0 Å². The van der Waals surface area contributed by atoms with E-state index in [4.69, 9.17) is 9.84 Å². The second-order valence-corrected chi connectivity index (χ2v) is 7.60. The number of rotatable bonds is 8. The molecule has 2 aromatic rings. The Kier molecular flexibility index (Phi) is 7.03. The van der Waals surface area contributed by atoms with Gasteiger partial charge in [0, 0.05) is 6.54 Å². The lowest BCUT2D eigenvalue weighted by molar-refractivity contribution is 0.0904. The van der Waals surface area contributed by atoms with Crippen molar-refractivity contribution < 1.29 is 45.3 Å². The fourth-order valence-corrected chi connectivity index (χ4v) is 4.01. The van der Waals surface area contributed by atoms with Crippen LogP contribution in [-0.4, -0.2) is 45.0 Å². The molecule has 0 aliphatic rings. The molecule has 0 bridgehead atoms. The molecular weight excluding hydrogens is 425 g/mol. The van der Waals surface area contributed by atoms with E-state index >= 15 is 0 Å². The highest BCUT2D eigenvalue weighted by atomic mass is 32.2. The molecule has 6 nitrogen and oxygen atoms in total. The van der Waals surface area contributed by atoms with Crippen molar-refractivity contribution >= 4 is 15.7 Å². The number of aliphatic hydroxyl groups excluding tert-OH is 2. The van der Waals surface area contributed by atoms with Gasteiger partial charge in [0.05, 0.1) is 25.5 Å². The lowest BCUT2D eigenvalue weighted by Crippen LogP contribution is -2.36. The molecule has 0 aromatic heterocycles. The first-order chi connectivity index (χ1) is 13.6. The van der Waals surface area contributed by atoms with Gasteiger partial charge < -0.3 is 14.9 Å². The van der Waals surface area contributed by atoms with Crippen LogP contribution in [0.15, 0.2) is 29.2 Å². The van der Waals surface area contributed by atoms with Gasteiger partial charge in [-0.2, -0.15) is 0 Å². The summed E-state index contributed by atoms with van der Waals surface area (Å²) >= 11 is 0. The van der Waals surface area contributed by atoms with Gasteiger partial charge in [0.25, 0.3) is 10.0 Å². The molecule has 0 saturated heterocycles. The summed E-state index contributed by atoms with van der Waals surface area (Å²) in [5, 5.41) is 18.4. The third-order valence-corrected chi connectivity index (χ3v) is 5.80. The lowest BCUT2D eigenvalue weighted by atomic mass is 10.2. The number of sulfonamides is 1. The predicted octanol–water partition coefficient (Wildman–Crippen LogP) is 2.33. The van der Waals surface area contributed by atoms with Crippen LogP contribution >= 0.6 is 0 Å². The molecule has 12 heteroatoms. The standard InChI is InChI=1S/C17H16F5NO5S/c1-28-11-4-2-9(3-5-11)23(7-6-10(25)8-24)29(26,27)17-15(21)13(19)12(18)14(20)16(17)22/h2-5,10,24-25H,6-8H2,1H3. The van der Waals surface area contributed by atoms with E-state index in [2.05, 4.69) is 0 Å². The molecule has 2 rings (SSSR count). The summed E-state index contributed by atoms with van der Waals surface area (Å²) in [6.45, 7) is -1.37. The summed E-state index contributed by atoms with van der Waals surface area (Å²) < 4.78 is 99.6. The third kappa shape index (κ3) is 4.43. The Labute approximate surface area is 162 Å². The number of hydrogen-bond donors (Lipinski definition) is 2. The molecule has 0 spiro atoms. The first kappa shape index (κ1) is 22.8. The largest absolute Gasteiger partial charge is 0.497 e. The second-order valence-electron chi connectivity index (χ2n) is 5.80. The molecule has 2 N–H and O–H groups in total. The van der Waals surface area contributed by atoms with E-state index in [0.717, 1.165) is 0 Å². The van der Waals surface area contributed by atoms with Crippen LogP contribution < -0.4 is 9.04 Å². The summed E-state index contributed by atoms with van der Waals surface area (Å²) in [4.78, 5) is -2.02. The monoisotopic (exact) mass is 441 g/mol. The zero-order chi connectivity index (χ0) is 21.9. The van der Waals surface area contributed by atoms with Crippen molar-refractivity contribution in [2.24, 2.45) is 0 Å². The number of hydrogen-bond acceptors (Lipinski definition) is 5. The van der Waals surface area contributed by atoms with Crippen molar-refractivity contribution in [1.82, 2.24) is 0 Å². The summed E-state index contributed by atoms with van der Waals surface area (Å²) in [6, 6.07) is 4.96. The summed E-state index contributed by atoms with van der Waals surface area (Å²) in [5.74, 6) is -12.0. The van der Waals surface area contributed by atoms with Gasteiger partial charge in [-0.1, -0.05) is 0 Å². The maximum absolute atomic E-state index is 14.1. The molecule has 29 heavy (non-hydrogen) atoms. The van der Waals surface area contributed by atoms with E-state index < -0.39 is 69.7 Å². The third-order valence-electron chi connectivity index (χ3n) is 3.95. The molecule has 0 heterocycles. The number of ether oxygens (including phenoxy) is 1. The van der Waals surface area contributed by atoms with Gasteiger partial charge >= 0.3 is 0 Å². The smallest absolute Gasteiger partial charge is 0.270 e. The van der Waals surface area contributed by atoms with Gasteiger partial charge in [-0.05, 0) is 30.7 Å². The number of aliphatic hydroxyl groups is 2. The zero-order valence-corrected chi connectivity index (χ0v) is 15.7. The number of nitrogens with zero attached hydrogens (tertiary/aromatic N) is 1. The van der Waals surface area contributed by atoms with Crippen molar-refractivity contribution in [2.45, 2.75) is 17.4 Å². The van der Waals surface area contributed by atoms with Crippen LogP contribution in [0.25, 0.3) is 0 Å². The maximum Gasteiger partial charge on any atom is 0.270 e. The Bertz CT molecular complexity index is 956. The second kappa shape index (κ2) is 8.93. The molecule has 0 aliphatic carbocycles. The van der Waals surface area contributed by atoms with Crippen LogP contribution in [0.4, 0.5) is 27.6 Å². The van der Waals surface area contributed by atoms with Gasteiger partial charge in [-0.15, -0.1) is 0 Å². The first-order valence-electron chi connectivity index (χ1n) is 8.03. The Balaban J connectivity index is 2.65. The minimum Gasteiger partial charge on any atom is -0.497 e. The van der Waals surface area contributed by atoms with Crippen LogP contribution in [0.2, 0.25) is 0 Å². The van der Waals surface area contributed by atoms with Gasteiger partial charge in [0.1, 0.15) is 5.75 Å². The Morgan fingerprint density at radius 3 is 1.90 bits per heavy atom. The highest BCUT2D eigenvalue weighted by molar-refractivity contribution is 7.92. The van der Waals surface area contributed by atoms with Crippen molar-refractivity contribution in [3.8, 4) is 5.75 Å². The van der Waals surface area contributed by atoms with E-state index in [1.54, 1.807) is 0 Å². The number of benzene rings is 2. The van der Waals surface area contributed by atoms with Gasteiger partial charge in [0.15, 0.2) is 28.2 Å². The quantitative estimate of drug-likeness (QED) is 0.373. The molecule has 1 unspecified atom stereocenters. The maximum atomic E-state index is 14.1. The van der Waals surface area contributed by atoms with E-state index in [9.17, 15) is 35.5 Å². The van der Waals surface area contributed by atoms with E-state index in [0.29, 0.717) is 10.1 Å². The average Bonchev–Trinajstić information content (AvgIpc) is 2.70. The normalized spacial score (nSPS) is 12.7. The summed E-state index contributed by atoms with van der Waals surface area (Å²) in [6.07, 6.45) is -1.78. The summed E-state index contributed by atoms with van der Waals surface area (Å²) in [7, 11) is -3.97. The SMILES string of the molecule is COc1ccc(N(CCC(O)CO)S(=O)(=O)c2c(F)c(F)c(F)c(F)c2F)cc1. The molecule has 0 amide bonds. The van der Waals surface area contributed by atoms with Crippen molar-refractivity contribution in [2.75, 3.05) is 24.6 Å². The van der Waals surface area contributed by atoms with Crippen molar-refractivity contribution in [3.05, 3.63) is 53.4 Å².